The molecule has 7 N–H and O–H groups in total. The fourth-order valence-corrected chi connectivity index (χ4v) is 5.91. The van der Waals surface area contributed by atoms with E-state index in [1.165, 1.54) is 6.07 Å². The zero-order valence-electron chi connectivity index (χ0n) is 23.0. The molecule has 0 saturated heterocycles. The summed E-state index contributed by atoms with van der Waals surface area (Å²) in [5.74, 6) is -5.94. The summed E-state index contributed by atoms with van der Waals surface area (Å²) < 4.78 is 0. The molecule has 0 saturated carbocycles. The van der Waals surface area contributed by atoms with E-state index in [9.17, 15) is 39.6 Å². The van der Waals surface area contributed by atoms with Gasteiger partial charge in [-0.2, -0.15) is 0 Å². The summed E-state index contributed by atoms with van der Waals surface area (Å²) in [4.78, 5) is 52.9. The second kappa shape index (κ2) is 11.8. The standard InChI is InChI=1S/C30H35N3O8/c1-33(2)10-9-32-29(40)17-5-3-4-16(12-17)20-6-7-22(35)26-21(20)14-18-13-19(8-11-34)30(41,23(36)15-24(31)37)28(39)25(18)27(26)38/h3-7,12,18-19,34-35,39,41H,8-11,13-15H2,1-2H3,(H2,31,37)(H,32,40)/t18-,19-,30-/m1/s1. The minimum Gasteiger partial charge on any atom is -0.508 e. The Morgan fingerprint density at radius 3 is 2.54 bits per heavy atom. The van der Waals surface area contributed by atoms with Gasteiger partial charge in [0.2, 0.25) is 5.91 Å². The summed E-state index contributed by atoms with van der Waals surface area (Å²) in [5, 5.41) is 45.8. The number of nitrogens with two attached hydrogens (primary N) is 1. The number of hydrogen-bond donors (Lipinski definition) is 6. The van der Waals surface area contributed by atoms with Crippen molar-refractivity contribution in [1.29, 1.82) is 0 Å². The number of benzene rings is 2. The molecule has 0 bridgehead atoms. The van der Waals surface area contributed by atoms with Gasteiger partial charge < -0.3 is 36.4 Å². The summed E-state index contributed by atoms with van der Waals surface area (Å²) in [6.45, 7) is 0.721. The van der Waals surface area contributed by atoms with Gasteiger partial charge in [0.25, 0.3) is 5.91 Å². The van der Waals surface area contributed by atoms with Crippen molar-refractivity contribution < 1.29 is 39.6 Å². The van der Waals surface area contributed by atoms with Crippen LogP contribution in [0.4, 0.5) is 0 Å². The van der Waals surface area contributed by atoms with Gasteiger partial charge in [-0.3, -0.25) is 19.2 Å². The van der Waals surface area contributed by atoms with Gasteiger partial charge in [0.05, 0.1) is 12.0 Å². The number of fused-ring (bicyclic) bond motifs is 2. The number of rotatable bonds is 10. The lowest BCUT2D eigenvalue weighted by atomic mass is 9.62. The quantitative estimate of drug-likeness (QED) is 0.229. The summed E-state index contributed by atoms with van der Waals surface area (Å²) >= 11 is 0. The summed E-state index contributed by atoms with van der Waals surface area (Å²) in [6.07, 6.45) is -0.714. The smallest absolute Gasteiger partial charge is 0.251 e. The maximum Gasteiger partial charge on any atom is 0.251 e. The van der Waals surface area contributed by atoms with Crippen molar-refractivity contribution in [2.45, 2.75) is 31.3 Å². The lowest BCUT2D eigenvalue weighted by Crippen LogP contribution is -2.54. The predicted octanol–water partition coefficient (Wildman–Crippen LogP) is 1.10. The first-order chi connectivity index (χ1) is 19.4. The second-order valence-corrected chi connectivity index (χ2v) is 10.9. The highest BCUT2D eigenvalue weighted by molar-refractivity contribution is 6.15. The van der Waals surface area contributed by atoms with Crippen LogP contribution in [-0.2, 0) is 16.0 Å². The van der Waals surface area contributed by atoms with Crippen LogP contribution in [-0.4, -0.2) is 88.1 Å². The molecule has 218 valence electrons. The lowest BCUT2D eigenvalue weighted by molar-refractivity contribution is -0.147. The highest BCUT2D eigenvalue weighted by atomic mass is 16.3. The normalized spacial score (nSPS) is 21.8. The molecule has 0 aromatic heterocycles. The molecule has 2 aromatic rings. The van der Waals surface area contributed by atoms with Crippen LogP contribution < -0.4 is 11.1 Å². The maximum absolute atomic E-state index is 13.8. The average molecular weight is 566 g/mol. The Morgan fingerprint density at radius 1 is 1.15 bits per heavy atom. The fraction of sp³-hybridized carbons (Fsp3) is 0.400. The summed E-state index contributed by atoms with van der Waals surface area (Å²) in [6, 6.07) is 9.87. The molecule has 2 aromatic carbocycles. The van der Waals surface area contributed by atoms with Gasteiger partial charge >= 0.3 is 0 Å². The zero-order valence-corrected chi connectivity index (χ0v) is 23.0. The van der Waals surface area contributed by atoms with Crippen LogP contribution in [0.25, 0.3) is 11.1 Å². The van der Waals surface area contributed by atoms with Gasteiger partial charge in [-0.05, 0) is 74.2 Å². The monoisotopic (exact) mass is 565 g/mol. The molecule has 2 amide bonds. The number of aliphatic hydroxyl groups is 3. The number of aliphatic hydroxyl groups excluding tert-OH is 2. The summed E-state index contributed by atoms with van der Waals surface area (Å²) in [5.41, 5.74) is 4.45. The Kier molecular flexibility index (Phi) is 8.62. The number of carbonyl (C=O) groups is 4. The third-order valence-electron chi connectivity index (χ3n) is 7.92. The van der Waals surface area contributed by atoms with Crippen LogP contribution in [0.3, 0.4) is 0 Å². The van der Waals surface area contributed by atoms with Gasteiger partial charge in [0.15, 0.2) is 17.2 Å². The number of amides is 2. The van der Waals surface area contributed by atoms with E-state index in [4.69, 9.17) is 5.73 Å². The third kappa shape index (κ3) is 5.61. The first-order valence-electron chi connectivity index (χ1n) is 13.4. The number of carbonyl (C=O) groups excluding carboxylic acids is 4. The van der Waals surface area contributed by atoms with Gasteiger partial charge in [0, 0.05) is 36.8 Å². The topological polar surface area (TPSA) is 190 Å². The Hall–Kier alpha value is -4.06. The van der Waals surface area contributed by atoms with Crippen LogP contribution >= 0.6 is 0 Å². The van der Waals surface area contributed by atoms with Crippen molar-refractivity contribution >= 4 is 23.4 Å². The van der Waals surface area contributed by atoms with E-state index in [1.807, 2.05) is 19.0 Å². The molecule has 11 heteroatoms. The molecule has 2 aliphatic carbocycles. The second-order valence-electron chi connectivity index (χ2n) is 10.9. The molecule has 0 heterocycles. The lowest BCUT2D eigenvalue weighted by Gasteiger charge is -2.43. The number of phenolic OH excluding ortho intramolecular Hbond substituents is 1. The van der Waals surface area contributed by atoms with Crippen molar-refractivity contribution in [1.82, 2.24) is 10.2 Å². The fourth-order valence-electron chi connectivity index (χ4n) is 5.91. The van der Waals surface area contributed by atoms with E-state index < -0.39 is 53.7 Å². The number of nitrogens with zero attached hydrogens (tertiary/aromatic N) is 1. The van der Waals surface area contributed by atoms with Crippen molar-refractivity contribution in [2.75, 3.05) is 33.8 Å². The molecule has 0 aliphatic heterocycles. The molecule has 3 atom stereocenters. The molecule has 0 radical (unpaired) electrons. The van der Waals surface area contributed by atoms with E-state index in [2.05, 4.69) is 5.32 Å². The molecule has 0 unspecified atom stereocenters. The van der Waals surface area contributed by atoms with Crippen molar-refractivity contribution in [3.8, 4) is 16.9 Å². The first-order valence-corrected chi connectivity index (χ1v) is 13.4. The number of primary amides is 1. The molecule has 4 rings (SSSR count). The maximum atomic E-state index is 13.8. The Bertz CT molecular complexity index is 1430. The van der Waals surface area contributed by atoms with Crippen LogP contribution in [0.5, 0.6) is 5.75 Å². The Labute approximate surface area is 237 Å². The van der Waals surface area contributed by atoms with Crippen molar-refractivity contribution in [2.24, 2.45) is 17.6 Å². The number of nitrogens with one attached hydrogen (secondary N) is 1. The molecule has 11 nitrogen and oxygen atoms in total. The number of Topliss-reactive ketones (excluding diaryl/α,β-unsaturated/α-hetero) is 2. The SMILES string of the molecule is CN(C)CCNC(=O)c1cccc(-c2ccc(O)c3c2C[C@H]2C[C@@H](CCO)[C@@](O)(C(=O)CC(N)=O)C(O)=C2C3=O)c1. The first kappa shape index (κ1) is 29.9. The largest absolute Gasteiger partial charge is 0.508 e. The Morgan fingerprint density at radius 2 is 1.88 bits per heavy atom. The number of hydrogen-bond acceptors (Lipinski definition) is 9. The van der Waals surface area contributed by atoms with E-state index in [0.717, 1.165) is 0 Å². The van der Waals surface area contributed by atoms with Gasteiger partial charge in [-0.1, -0.05) is 18.2 Å². The Balaban J connectivity index is 1.78. The van der Waals surface area contributed by atoms with Crippen molar-refractivity contribution in [3.05, 3.63) is 64.4 Å². The van der Waals surface area contributed by atoms with Crippen molar-refractivity contribution in [3.63, 3.8) is 0 Å². The number of aromatic hydroxyl groups is 1. The molecule has 2 aliphatic rings. The van der Waals surface area contributed by atoms with Crippen LogP contribution in [0, 0.1) is 11.8 Å². The number of likely N-dealkylation sites (N-methyl/N-ethyl adjacent to an activating group) is 1. The van der Waals surface area contributed by atoms with E-state index in [1.54, 1.807) is 30.3 Å². The van der Waals surface area contributed by atoms with E-state index >= 15 is 0 Å². The highest BCUT2D eigenvalue weighted by Gasteiger charge is 2.55. The molecule has 0 spiro atoms. The third-order valence-corrected chi connectivity index (χ3v) is 7.92. The van der Waals surface area contributed by atoms with Gasteiger partial charge in [-0.15, -0.1) is 0 Å². The van der Waals surface area contributed by atoms with Gasteiger partial charge in [-0.25, -0.2) is 0 Å². The van der Waals surface area contributed by atoms with Crippen LogP contribution in [0.15, 0.2) is 47.7 Å². The predicted molar refractivity (Wildman–Crippen MR) is 149 cm³/mol. The molecular weight excluding hydrogens is 530 g/mol. The van der Waals surface area contributed by atoms with E-state index in [0.29, 0.717) is 35.3 Å². The number of ketones is 2. The minimum absolute atomic E-state index is 0.0511. The molecule has 41 heavy (non-hydrogen) atoms. The minimum atomic E-state index is -2.59. The van der Waals surface area contributed by atoms with Crippen LogP contribution in [0.2, 0.25) is 0 Å². The average Bonchev–Trinajstić information content (AvgIpc) is 2.91. The van der Waals surface area contributed by atoms with Crippen LogP contribution in [0.1, 0.15) is 45.5 Å². The molecule has 0 fully saturated rings. The van der Waals surface area contributed by atoms with E-state index in [-0.39, 0.29) is 42.1 Å². The molecular formula is C30H35N3O8. The number of phenols is 1. The number of allylic oxidation sites excluding steroid dienone is 1. The zero-order chi connectivity index (χ0) is 30.1. The summed E-state index contributed by atoms with van der Waals surface area (Å²) in [7, 11) is 3.81. The highest BCUT2D eigenvalue weighted by Crippen LogP contribution is 2.50. The van der Waals surface area contributed by atoms with Gasteiger partial charge in [0.1, 0.15) is 11.5 Å².